The third-order valence-electron chi connectivity index (χ3n) is 11.9. The lowest BCUT2D eigenvalue weighted by atomic mass is 9.65. The molecule has 0 saturated carbocycles. The van der Waals surface area contributed by atoms with Crippen molar-refractivity contribution in [2.45, 2.75) is 5.41 Å². The van der Waals surface area contributed by atoms with Crippen molar-refractivity contribution in [3.05, 3.63) is 222 Å². The molecule has 1 unspecified atom stereocenters. The Morgan fingerprint density at radius 2 is 1.07 bits per heavy atom. The van der Waals surface area contributed by atoms with Crippen LogP contribution >= 0.6 is 0 Å². The zero-order chi connectivity index (χ0) is 36.8. The van der Waals surface area contributed by atoms with Gasteiger partial charge in [0.25, 0.3) is 0 Å². The fourth-order valence-electron chi connectivity index (χ4n) is 9.62. The Morgan fingerprint density at radius 3 is 1.96 bits per heavy atom. The normalized spacial score (nSPS) is 15.0. The van der Waals surface area contributed by atoms with E-state index in [1.807, 2.05) is 12.1 Å². The number of hydrogen-bond donors (Lipinski definition) is 0. The van der Waals surface area contributed by atoms with Gasteiger partial charge in [-0.2, -0.15) is 0 Å². The summed E-state index contributed by atoms with van der Waals surface area (Å²) in [5.41, 5.74) is 14.1. The maximum absolute atomic E-state index is 6.86. The molecule has 0 amide bonds. The molecule has 262 valence electrons. The number of ether oxygens (including phenoxy) is 1. The van der Waals surface area contributed by atoms with E-state index in [1.165, 1.54) is 44.3 Å². The Kier molecular flexibility index (Phi) is 6.55. The Labute approximate surface area is 324 Å². The average molecular weight is 716 g/mol. The molecule has 12 rings (SSSR count). The van der Waals surface area contributed by atoms with Gasteiger partial charge in [0.05, 0.1) is 11.1 Å². The zero-order valence-electron chi connectivity index (χ0n) is 30.3. The van der Waals surface area contributed by atoms with Crippen LogP contribution in [0.1, 0.15) is 22.3 Å². The molecule has 2 aliphatic rings. The topological polar surface area (TPSA) is 25.6 Å². The van der Waals surface area contributed by atoms with Crippen LogP contribution in [0.2, 0.25) is 0 Å². The predicted octanol–water partition coefficient (Wildman–Crippen LogP) is 14.3. The molecular weight excluding hydrogens is 683 g/mol. The van der Waals surface area contributed by atoms with Gasteiger partial charge in [-0.05, 0) is 81.2 Å². The minimum absolute atomic E-state index is 0.550. The van der Waals surface area contributed by atoms with Gasteiger partial charge < -0.3 is 14.1 Å². The number of anilines is 3. The second kappa shape index (κ2) is 11.8. The molecule has 2 heterocycles. The maximum atomic E-state index is 6.86. The molecule has 3 heteroatoms. The van der Waals surface area contributed by atoms with Crippen LogP contribution in [0.3, 0.4) is 0 Å². The largest absolute Gasteiger partial charge is 0.456 e. The maximum Gasteiger partial charge on any atom is 0.159 e. The van der Waals surface area contributed by atoms with Crippen molar-refractivity contribution in [2.24, 2.45) is 0 Å². The number of benzene rings is 9. The zero-order valence-corrected chi connectivity index (χ0v) is 30.3. The average Bonchev–Trinajstić information content (AvgIpc) is 3.79. The van der Waals surface area contributed by atoms with Gasteiger partial charge in [-0.1, -0.05) is 158 Å². The number of hydrogen-bond acceptors (Lipinski definition) is 3. The van der Waals surface area contributed by atoms with Crippen LogP contribution in [0.25, 0.3) is 55.0 Å². The van der Waals surface area contributed by atoms with E-state index in [-0.39, 0.29) is 0 Å². The number of furan rings is 1. The van der Waals surface area contributed by atoms with Gasteiger partial charge in [-0.3, -0.25) is 0 Å². The van der Waals surface area contributed by atoms with Crippen LogP contribution < -0.4 is 9.64 Å². The molecule has 0 N–H and O–H groups in total. The van der Waals surface area contributed by atoms with Crippen molar-refractivity contribution < 1.29 is 9.15 Å². The first-order chi connectivity index (χ1) is 27.8. The van der Waals surface area contributed by atoms with E-state index in [2.05, 4.69) is 193 Å². The summed E-state index contributed by atoms with van der Waals surface area (Å²) < 4.78 is 13.4. The number of nitrogens with zero attached hydrogens (tertiary/aromatic N) is 1. The summed E-state index contributed by atoms with van der Waals surface area (Å²) in [5, 5.41) is 4.51. The van der Waals surface area contributed by atoms with Crippen molar-refractivity contribution >= 4 is 49.8 Å². The van der Waals surface area contributed by atoms with Gasteiger partial charge in [0.1, 0.15) is 17.1 Å². The lowest BCUT2D eigenvalue weighted by Gasteiger charge is -2.39. The molecule has 1 aliphatic heterocycles. The fraction of sp³-hybridized carbons (Fsp3) is 0.0189. The summed E-state index contributed by atoms with van der Waals surface area (Å²) >= 11 is 0. The third-order valence-corrected chi connectivity index (χ3v) is 11.9. The minimum Gasteiger partial charge on any atom is -0.456 e. The van der Waals surface area contributed by atoms with Crippen molar-refractivity contribution in [3.63, 3.8) is 0 Å². The van der Waals surface area contributed by atoms with Crippen molar-refractivity contribution in [2.75, 3.05) is 4.90 Å². The van der Waals surface area contributed by atoms with E-state index >= 15 is 0 Å². The molecule has 0 radical (unpaired) electrons. The van der Waals surface area contributed by atoms with Gasteiger partial charge in [0.2, 0.25) is 0 Å². The molecule has 0 fully saturated rings. The summed E-state index contributed by atoms with van der Waals surface area (Å²) in [4.78, 5) is 2.30. The number of rotatable bonds is 4. The lowest BCUT2D eigenvalue weighted by molar-refractivity contribution is 0.441. The molecule has 1 spiro atoms. The number of fused-ring (bicyclic) bond motifs is 14. The molecule has 10 aromatic rings. The molecule has 9 aromatic carbocycles. The Balaban J connectivity index is 1.06. The van der Waals surface area contributed by atoms with E-state index < -0.39 is 5.41 Å². The van der Waals surface area contributed by atoms with Gasteiger partial charge in [-0.25, -0.2) is 0 Å². The first-order valence-electron chi connectivity index (χ1n) is 19.2. The summed E-state index contributed by atoms with van der Waals surface area (Å²) in [7, 11) is 0. The smallest absolute Gasteiger partial charge is 0.159 e. The summed E-state index contributed by atoms with van der Waals surface area (Å²) in [6, 6.07) is 71.8. The Bertz CT molecular complexity index is 3180. The molecule has 0 saturated heterocycles. The second-order valence-electron chi connectivity index (χ2n) is 14.8. The van der Waals surface area contributed by atoms with Gasteiger partial charge in [0.15, 0.2) is 5.58 Å². The van der Waals surface area contributed by atoms with E-state index in [0.29, 0.717) is 0 Å². The standard InChI is InChI=1S/C53H33NO2/c1-2-15-36(16-3-1)54(47-25-13-21-41-40-18-7-10-26-48(40)55-52(41)47)37-31-28-35(29-32-37)38-20-12-24-45-50(38)42-19-6-8-22-43(42)53(45)44-23-9-11-27-49(44)56-51-39-17-5-4-14-34(39)30-33-46(51)53/h1-33H. The molecular formula is C53H33NO2. The molecule has 1 aromatic heterocycles. The summed E-state index contributed by atoms with van der Waals surface area (Å²) in [6.07, 6.45) is 0. The highest BCUT2D eigenvalue weighted by molar-refractivity contribution is 6.10. The van der Waals surface area contributed by atoms with Gasteiger partial charge >= 0.3 is 0 Å². The van der Waals surface area contributed by atoms with Gasteiger partial charge in [0, 0.05) is 38.7 Å². The fourth-order valence-corrected chi connectivity index (χ4v) is 9.62. The quantitative estimate of drug-likeness (QED) is 0.181. The van der Waals surface area contributed by atoms with E-state index in [0.717, 1.165) is 61.4 Å². The Hall–Kier alpha value is -7.36. The first-order valence-corrected chi connectivity index (χ1v) is 19.2. The SMILES string of the molecule is c1ccc(N(c2ccc(-c3cccc4c3-c3ccccc3C43c4ccccc4Oc4c3ccc3ccccc43)cc2)c2cccc3c2oc2ccccc23)cc1. The highest BCUT2D eigenvalue weighted by Crippen LogP contribution is 2.64. The van der Waals surface area contributed by atoms with Crippen molar-refractivity contribution in [1.82, 2.24) is 0 Å². The van der Waals surface area contributed by atoms with Crippen LogP contribution in [-0.2, 0) is 5.41 Å². The van der Waals surface area contributed by atoms with Crippen LogP contribution in [0.5, 0.6) is 11.5 Å². The van der Waals surface area contributed by atoms with E-state index in [1.54, 1.807) is 0 Å². The van der Waals surface area contributed by atoms with E-state index in [9.17, 15) is 0 Å². The lowest BCUT2D eigenvalue weighted by Crippen LogP contribution is -2.32. The third kappa shape index (κ3) is 4.22. The summed E-state index contributed by atoms with van der Waals surface area (Å²) in [6.45, 7) is 0. The highest BCUT2D eigenvalue weighted by atomic mass is 16.5. The molecule has 3 nitrogen and oxygen atoms in total. The monoisotopic (exact) mass is 715 g/mol. The van der Waals surface area contributed by atoms with Crippen molar-refractivity contribution in [3.8, 4) is 33.8 Å². The van der Waals surface area contributed by atoms with Crippen LogP contribution in [-0.4, -0.2) is 0 Å². The van der Waals surface area contributed by atoms with Crippen LogP contribution in [0.15, 0.2) is 205 Å². The molecule has 1 aliphatic carbocycles. The second-order valence-corrected chi connectivity index (χ2v) is 14.8. The highest BCUT2D eigenvalue weighted by Gasteiger charge is 2.51. The predicted molar refractivity (Wildman–Crippen MR) is 229 cm³/mol. The van der Waals surface area contributed by atoms with Crippen molar-refractivity contribution in [1.29, 1.82) is 0 Å². The van der Waals surface area contributed by atoms with E-state index in [4.69, 9.17) is 9.15 Å². The number of para-hydroxylation sites is 4. The summed E-state index contributed by atoms with van der Waals surface area (Å²) in [5.74, 6) is 1.83. The van der Waals surface area contributed by atoms with Crippen LogP contribution in [0, 0.1) is 0 Å². The Morgan fingerprint density at radius 1 is 0.411 bits per heavy atom. The molecule has 0 bridgehead atoms. The molecule has 1 atom stereocenters. The molecule has 56 heavy (non-hydrogen) atoms. The van der Waals surface area contributed by atoms with Gasteiger partial charge in [-0.15, -0.1) is 0 Å². The first kappa shape index (κ1) is 31.0. The van der Waals surface area contributed by atoms with Crippen LogP contribution in [0.4, 0.5) is 17.1 Å². The minimum atomic E-state index is -0.550.